The molecule has 2 heterocycles. The van der Waals surface area contributed by atoms with E-state index in [-0.39, 0.29) is 5.75 Å². The lowest BCUT2D eigenvalue weighted by Gasteiger charge is -2.14. The number of ether oxygens (including phenoxy) is 1. The Hall–Kier alpha value is -2.29. The number of hydrogen-bond acceptors (Lipinski definition) is 5. The molecule has 0 saturated carbocycles. The van der Waals surface area contributed by atoms with Gasteiger partial charge >= 0.3 is 5.97 Å². The van der Waals surface area contributed by atoms with Crippen LogP contribution in [0.25, 0.3) is 0 Å². The number of imide groups is 1. The number of thiophene rings is 1. The Bertz CT molecular complexity index is 1050. The number of esters is 1. The summed E-state index contributed by atoms with van der Waals surface area (Å²) in [5.41, 5.74) is 1.07. The van der Waals surface area contributed by atoms with Crippen molar-refractivity contribution in [3.8, 4) is 5.75 Å². The summed E-state index contributed by atoms with van der Waals surface area (Å²) >= 11 is 7.90. The van der Waals surface area contributed by atoms with Gasteiger partial charge in [-0.05, 0) is 62.2 Å². The smallest absolute Gasteiger partial charge is 0.353 e. The van der Waals surface area contributed by atoms with Crippen LogP contribution in [0.4, 0.5) is 5.69 Å². The molecule has 1 aromatic heterocycles. The molecule has 3 aromatic rings. The summed E-state index contributed by atoms with van der Waals surface area (Å²) in [6.07, 6.45) is 0. The summed E-state index contributed by atoms with van der Waals surface area (Å²) in [4.78, 5) is 39.0. The van der Waals surface area contributed by atoms with Gasteiger partial charge in [-0.25, -0.2) is 9.69 Å². The Morgan fingerprint density at radius 1 is 0.926 bits per heavy atom. The minimum Gasteiger partial charge on any atom is -0.422 e. The average molecular weight is 507 g/mol. The highest BCUT2D eigenvalue weighted by molar-refractivity contribution is 9.13. The molecule has 0 atom stereocenters. The molecule has 5 nitrogen and oxygen atoms in total. The number of nitrogens with zero attached hydrogens (tertiary/aromatic N) is 1. The van der Waals surface area contributed by atoms with Crippen molar-refractivity contribution in [2.45, 2.75) is 0 Å². The number of rotatable bonds is 3. The number of benzene rings is 2. The summed E-state index contributed by atoms with van der Waals surface area (Å²) in [5, 5.41) is 0. The molecule has 1 aliphatic rings. The molecule has 0 fully saturated rings. The molecule has 27 heavy (non-hydrogen) atoms. The van der Waals surface area contributed by atoms with Crippen molar-refractivity contribution in [1.29, 1.82) is 0 Å². The molecule has 0 bridgehead atoms. The summed E-state index contributed by atoms with van der Waals surface area (Å²) in [6, 6.07) is 14.7. The lowest BCUT2D eigenvalue weighted by molar-refractivity contribution is 0.0739. The monoisotopic (exact) mass is 505 g/mol. The molecule has 0 N–H and O–H groups in total. The highest BCUT2D eigenvalue weighted by Gasteiger charge is 2.36. The molecule has 2 aromatic carbocycles. The maximum atomic E-state index is 12.6. The lowest BCUT2D eigenvalue weighted by atomic mass is 10.1. The van der Waals surface area contributed by atoms with Gasteiger partial charge < -0.3 is 4.74 Å². The minimum absolute atomic E-state index is 0.245. The van der Waals surface area contributed by atoms with E-state index in [1.54, 1.807) is 48.5 Å². The second kappa shape index (κ2) is 7.03. The number of amides is 2. The normalized spacial score (nSPS) is 13.0. The summed E-state index contributed by atoms with van der Waals surface area (Å²) in [5.74, 6) is -1.07. The second-order valence-corrected chi connectivity index (χ2v) is 8.83. The first-order valence-electron chi connectivity index (χ1n) is 7.70. The maximum absolute atomic E-state index is 12.6. The third-order valence-corrected chi connectivity index (χ3v) is 7.16. The fourth-order valence-electron chi connectivity index (χ4n) is 2.71. The van der Waals surface area contributed by atoms with Crippen LogP contribution in [0.3, 0.4) is 0 Å². The van der Waals surface area contributed by atoms with Crippen LogP contribution in [0.5, 0.6) is 5.75 Å². The Labute approximate surface area is 174 Å². The van der Waals surface area contributed by atoms with E-state index in [0.717, 1.165) is 13.2 Å². The number of fused-ring (bicyclic) bond motifs is 1. The van der Waals surface area contributed by atoms with Gasteiger partial charge in [-0.1, -0.05) is 18.2 Å². The predicted molar refractivity (Wildman–Crippen MR) is 109 cm³/mol. The highest BCUT2D eigenvalue weighted by atomic mass is 79.9. The molecule has 4 rings (SSSR count). The van der Waals surface area contributed by atoms with E-state index in [1.807, 2.05) is 0 Å². The quantitative estimate of drug-likeness (QED) is 0.275. The fourth-order valence-corrected chi connectivity index (χ4v) is 4.63. The molecule has 2 amide bonds. The predicted octanol–water partition coefficient (Wildman–Crippen LogP) is 5.29. The minimum atomic E-state index is -0.522. The van der Waals surface area contributed by atoms with Crippen LogP contribution in [0.15, 0.2) is 62.9 Å². The maximum Gasteiger partial charge on any atom is 0.353 e. The van der Waals surface area contributed by atoms with Crippen LogP contribution in [0.2, 0.25) is 0 Å². The Kier molecular flexibility index (Phi) is 4.71. The Morgan fingerprint density at radius 3 is 2.19 bits per heavy atom. The van der Waals surface area contributed by atoms with Gasteiger partial charge in [-0.2, -0.15) is 0 Å². The number of carbonyl (C=O) groups excluding carboxylic acids is 3. The summed E-state index contributed by atoms with van der Waals surface area (Å²) < 4.78 is 6.95. The lowest BCUT2D eigenvalue weighted by Crippen LogP contribution is -2.29. The molecule has 8 heteroatoms. The van der Waals surface area contributed by atoms with Crippen molar-refractivity contribution >= 4 is 66.7 Å². The molecule has 1 aliphatic heterocycles. The first kappa shape index (κ1) is 18.1. The number of anilines is 1. The van der Waals surface area contributed by atoms with Gasteiger partial charge in [0.1, 0.15) is 10.6 Å². The van der Waals surface area contributed by atoms with Crippen molar-refractivity contribution in [1.82, 2.24) is 0 Å². The zero-order valence-corrected chi connectivity index (χ0v) is 17.4. The topological polar surface area (TPSA) is 63.7 Å². The van der Waals surface area contributed by atoms with E-state index < -0.39 is 17.8 Å². The van der Waals surface area contributed by atoms with Crippen LogP contribution in [0, 0.1) is 0 Å². The second-order valence-electron chi connectivity index (χ2n) is 5.61. The first-order chi connectivity index (χ1) is 13.0. The largest absolute Gasteiger partial charge is 0.422 e. The standard InChI is InChI=1S/C19H9Br2NO4S/c20-14-9-15(27-16(14)21)19(25)26-11-5-3-4-10(8-11)22-17(23)12-6-1-2-7-13(12)18(22)24/h1-9H. The third kappa shape index (κ3) is 3.24. The van der Waals surface area contributed by atoms with E-state index in [4.69, 9.17) is 4.74 Å². The molecule has 0 spiro atoms. The van der Waals surface area contributed by atoms with Crippen molar-refractivity contribution in [3.63, 3.8) is 0 Å². The molecule has 134 valence electrons. The van der Waals surface area contributed by atoms with Crippen molar-refractivity contribution in [2.75, 3.05) is 4.90 Å². The van der Waals surface area contributed by atoms with Crippen molar-refractivity contribution < 1.29 is 19.1 Å². The van der Waals surface area contributed by atoms with Gasteiger partial charge in [0.2, 0.25) is 0 Å². The van der Waals surface area contributed by atoms with E-state index in [9.17, 15) is 14.4 Å². The summed E-state index contributed by atoms with van der Waals surface area (Å²) in [6.45, 7) is 0. The van der Waals surface area contributed by atoms with Crippen LogP contribution in [-0.4, -0.2) is 17.8 Å². The average Bonchev–Trinajstić information content (AvgIpc) is 3.13. The zero-order chi connectivity index (χ0) is 19.1. The zero-order valence-electron chi connectivity index (χ0n) is 13.4. The van der Waals surface area contributed by atoms with Gasteiger partial charge in [0, 0.05) is 10.5 Å². The first-order valence-corrected chi connectivity index (χ1v) is 10.1. The van der Waals surface area contributed by atoms with E-state index in [0.29, 0.717) is 21.7 Å². The molecular formula is C19H9Br2NO4S. The number of carbonyl (C=O) groups is 3. The van der Waals surface area contributed by atoms with Crippen LogP contribution in [-0.2, 0) is 0 Å². The van der Waals surface area contributed by atoms with E-state index >= 15 is 0 Å². The van der Waals surface area contributed by atoms with Crippen LogP contribution in [0.1, 0.15) is 30.4 Å². The van der Waals surface area contributed by atoms with Crippen molar-refractivity contribution in [2.24, 2.45) is 0 Å². The van der Waals surface area contributed by atoms with Crippen LogP contribution >= 0.6 is 43.2 Å². The fraction of sp³-hybridized carbons (Fsp3) is 0. The van der Waals surface area contributed by atoms with Gasteiger partial charge in [-0.3, -0.25) is 9.59 Å². The third-order valence-electron chi connectivity index (χ3n) is 3.93. The van der Waals surface area contributed by atoms with Gasteiger partial charge in [-0.15, -0.1) is 11.3 Å². The van der Waals surface area contributed by atoms with Gasteiger partial charge in [0.15, 0.2) is 0 Å². The number of halogens is 2. The molecular weight excluding hydrogens is 498 g/mol. The number of hydrogen-bond donors (Lipinski definition) is 0. The highest BCUT2D eigenvalue weighted by Crippen LogP contribution is 2.34. The molecule has 0 radical (unpaired) electrons. The van der Waals surface area contributed by atoms with Crippen LogP contribution < -0.4 is 9.64 Å². The Balaban J connectivity index is 1.61. The van der Waals surface area contributed by atoms with Crippen molar-refractivity contribution in [3.05, 3.63) is 78.9 Å². The molecule has 0 unspecified atom stereocenters. The Morgan fingerprint density at radius 2 is 1.59 bits per heavy atom. The van der Waals surface area contributed by atoms with E-state index in [2.05, 4.69) is 31.9 Å². The molecule has 0 saturated heterocycles. The SMILES string of the molecule is O=C(Oc1cccc(N2C(=O)c3ccccc3C2=O)c1)c1cc(Br)c(Br)s1. The van der Waals surface area contributed by atoms with E-state index in [1.165, 1.54) is 17.4 Å². The van der Waals surface area contributed by atoms with Gasteiger partial charge in [0.25, 0.3) is 11.8 Å². The molecule has 0 aliphatic carbocycles. The van der Waals surface area contributed by atoms with Gasteiger partial charge in [0.05, 0.1) is 20.6 Å². The summed E-state index contributed by atoms with van der Waals surface area (Å²) in [7, 11) is 0.